The zero-order valence-corrected chi connectivity index (χ0v) is 14.6. The maximum absolute atomic E-state index is 6.32. The molecule has 0 bridgehead atoms. The number of methoxy groups -OCH3 is 2. The standard InChI is InChI=1S/C20H20ClNO2/c1-23-19-10-17(18(21)11-20(19)24-2)13-22-12-14-7-8-15-5-3-4-6-16(15)9-14/h3-11,22H,12-13H2,1-2H3. The first-order valence-corrected chi connectivity index (χ1v) is 8.18. The molecule has 1 N–H and O–H groups in total. The molecule has 0 spiro atoms. The Labute approximate surface area is 147 Å². The van der Waals surface area contributed by atoms with E-state index >= 15 is 0 Å². The van der Waals surface area contributed by atoms with Gasteiger partial charge in [0.25, 0.3) is 0 Å². The molecule has 24 heavy (non-hydrogen) atoms. The lowest BCUT2D eigenvalue weighted by Gasteiger charge is -2.12. The normalized spacial score (nSPS) is 10.8. The number of nitrogens with one attached hydrogen (secondary N) is 1. The Balaban J connectivity index is 1.69. The van der Waals surface area contributed by atoms with Gasteiger partial charge in [-0.15, -0.1) is 0 Å². The highest BCUT2D eigenvalue weighted by atomic mass is 35.5. The third kappa shape index (κ3) is 3.64. The zero-order valence-electron chi connectivity index (χ0n) is 13.8. The number of halogens is 1. The van der Waals surface area contributed by atoms with Crippen LogP contribution < -0.4 is 14.8 Å². The van der Waals surface area contributed by atoms with Gasteiger partial charge < -0.3 is 14.8 Å². The van der Waals surface area contributed by atoms with Crippen LogP contribution in [-0.2, 0) is 13.1 Å². The number of benzene rings is 3. The van der Waals surface area contributed by atoms with Gasteiger partial charge in [0.05, 0.1) is 14.2 Å². The van der Waals surface area contributed by atoms with Gasteiger partial charge in [-0.3, -0.25) is 0 Å². The van der Waals surface area contributed by atoms with Gasteiger partial charge in [0, 0.05) is 24.2 Å². The molecule has 0 saturated carbocycles. The SMILES string of the molecule is COc1cc(Cl)c(CNCc2ccc3ccccc3c2)cc1OC. The molecule has 0 heterocycles. The van der Waals surface area contributed by atoms with E-state index in [0.29, 0.717) is 23.1 Å². The molecule has 3 aromatic carbocycles. The van der Waals surface area contributed by atoms with E-state index in [4.69, 9.17) is 21.1 Å². The van der Waals surface area contributed by atoms with Crippen LogP contribution in [-0.4, -0.2) is 14.2 Å². The molecule has 124 valence electrons. The molecule has 0 aliphatic rings. The average molecular weight is 342 g/mol. The number of hydrogen-bond donors (Lipinski definition) is 1. The van der Waals surface area contributed by atoms with Crippen LogP contribution in [0.15, 0.2) is 54.6 Å². The van der Waals surface area contributed by atoms with E-state index in [0.717, 1.165) is 12.1 Å². The van der Waals surface area contributed by atoms with Crippen molar-refractivity contribution in [3.05, 3.63) is 70.7 Å². The van der Waals surface area contributed by atoms with Gasteiger partial charge >= 0.3 is 0 Å². The fourth-order valence-electron chi connectivity index (χ4n) is 2.72. The Morgan fingerprint density at radius 3 is 2.29 bits per heavy atom. The molecule has 0 aliphatic heterocycles. The van der Waals surface area contributed by atoms with E-state index in [1.807, 2.05) is 6.07 Å². The highest BCUT2D eigenvalue weighted by Crippen LogP contribution is 2.33. The van der Waals surface area contributed by atoms with Crippen molar-refractivity contribution >= 4 is 22.4 Å². The zero-order chi connectivity index (χ0) is 16.9. The van der Waals surface area contributed by atoms with Crippen LogP contribution in [0.5, 0.6) is 11.5 Å². The summed E-state index contributed by atoms with van der Waals surface area (Å²) >= 11 is 6.32. The van der Waals surface area contributed by atoms with E-state index in [-0.39, 0.29) is 0 Å². The predicted molar refractivity (Wildman–Crippen MR) is 99.0 cm³/mol. The Morgan fingerprint density at radius 1 is 0.833 bits per heavy atom. The van der Waals surface area contributed by atoms with E-state index in [2.05, 4.69) is 47.8 Å². The summed E-state index contributed by atoms with van der Waals surface area (Å²) in [4.78, 5) is 0. The fourth-order valence-corrected chi connectivity index (χ4v) is 2.94. The summed E-state index contributed by atoms with van der Waals surface area (Å²) in [6.45, 7) is 1.43. The van der Waals surface area contributed by atoms with Crippen molar-refractivity contribution < 1.29 is 9.47 Å². The smallest absolute Gasteiger partial charge is 0.162 e. The van der Waals surface area contributed by atoms with Crippen LogP contribution in [0, 0.1) is 0 Å². The van der Waals surface area contributed by atoms with Crippen molar-refractivity contribution in [2.45, 2.75) is 13.1 Å². The fraction of sp³-hybridized carbons (Fsp3) is 0.200. The summed E-state index contributed by atoms with van der Waals surface area (Å²) < 4.78 is 10.6. The van der Waals surface area contributed by atoms with Gasteiger partial charge in [-0.1, -0.05) is 48.0 Å². The maximum Gasteiger partial charge on any atom is 0.162 e. The minimum absolute atomic E-state index is 0.640. The van der Waals surface area contributed by atoms with Gasteiger partial charge in [0.15, 0.2) is 11.5 Å². The molecular formula is C20H20ClNO2. The van der Waals surface area contributed by atoms with Gasteiger partial charge in [-0.05, 0) is 34.0 Å². The summed E-state index contributed by atoms with van der Waals surface area (Å²) in [7, 11) is 3.23. The van der Waals surface area contributed by atoms with Gasteiger partial charge in [0.2, 0.25) is 0 Å². The predicted octanol–water partition coefficient (Wildman–Crippen LogP) is 4.80. The first-order valence-electron chi connectivity index (χ1n) is 7.80. The summed E-state index contributed by atoms with van der Waals surface area (Å²) in [6, 6.07) is 18.6. The molecule has 0 aromatic heterocycles. The maximum atomic E-state index is 6.32. The second-order valence-electron chi connectivity index (χ2n) is 5.58. The lowest BCUT2D eigenvalue weighted by Crippen LogP contribution is -2.13. The molecular weight excluding hydrogens is 322 g/mol. The number of hydrogen-bond acceptors (Lipinski definition) is 3. The Morgan fingerprint density at radius 2 is 1.54 bits per heavy atom. The highest BCUT2D eigenvalue weighted by molar-refractivity contribution is 6.31. The Kier molecular flexibility index (Phi) is 5.24. The monoisotopic (exact) mass is 341 g/mol. The molecule has 0 aliphatic carbocycles. The van der Waals surface area contributed by atoms with Crippen molar-refractivity contribution in [2.24, 2.45) is 0 Å². The molecule has 0 radical (unpaired) electrons. The van der Waals surface area contributed by atoms with E-state index < -0.39 is 0 Å². The lowest BCUT2D eigenvalue weighted by atomic mass is 10.1. The van der Waals surface area contributed by atoms with Crippen LogP contribution in [0.2, 0.25) is 5.02 Å². The minimum Gasteiger partial charge on any atom is -0.493 e. The Bertz CT molecular complexity index is 848. The third-order valence-electron chi connectivity index (χ3n) is 4.01. The molecule has 4 heteroatoms. The quantitative estimate of drug-likeness (QED) is 0.698. The van der Waals surface area contributed by atoms with Crippen LogP contribution >= 0.6 is 11.6 Å². The second-order valence-corrected chi connectivity index (χ2v) is 5.99. The number of fused-ring (bicyclic) bond motifs is 1. The van der Waals surface area contributed by atoms with Gasteiger partial charge in [0.1, 0.15) is 0 Å². The lowest BCUT2D eigenvalue weighted by molar-refractivity contribution is 0.354. The molecule has 3 rings (SSSR count). The Hall–Kier alpha value is -2.23. The molecule has 0 fully saturated rings. The molecule has 0 unspecified atom stereocenters. The van der Waals surface area contributed by atoms with E-state index in [1.165, 1.54) is 16.3 Å². The minimum atomic E-state index is 0.640. The van der Waals surface area contributed by atoms with Crippen LogP contribution in [0.25, 0.3) is 10.8 Å². The number of ether oxygens (including phenoxy) is 2. The summed E-state index contributed by atoms with van der Waals surface area (Å²) in [5.41, 5.74) is 2.22. The molecule has 3 nitrogen and oxygen atoms in total. The largest absolute Gasteiger partial charge is 0.493 e. The van der Waals surface area contributed by atoms with Crippen LogP contribution in [0.4, 0.5) is 0 Å². The van der Waals surface area contributed by atoms with Crippen molar-refractivity contribution in [3.8, 4) is 11.5 Å². The summed E-state index contributed by atoms with van der Waals surface area (Å²) in [5.74, 6) is 1.32. The van der Waals surface area contributed by atoms with E-state index in [9.17, 15) is 0 Å². The van der Waals surface area contributed by atoms with Crippen LogP contribution in [0.1, 0.15) is 11.1 Å². The van der Waals surface area contributed by atoms with Gasteiger partial charge in [-0.25, -0.2) is 0 Å². The molecule has 3 aromatic rings. The summed E-state index contributed by atoms with van der Waals surface area (Å²) in [5, 5.41) is 6.60. The van der Waals surface area contributed by atoms with Crippen LogP contribution in [0.3, 0.4) is 0 Å². The van der Waals surface area contributed by atoms with Crippen molar-refractivity contribution in [3.63, 3.8) is 0 Å². The molecule has 0 saturated heterocycles. The van der Waals surface area contributed by atoms with Crippen molar-refractivity contribution in [1.29, 1.82) is 0 Å². The average Bonchev–Trinajstić information content (AvgIpc) is 2.62. The van der Waals surface area contributed by atoms with Gasteiger partial charge in [-0.2, -0.15) is 0 Å². The third-order valence-corrected chi connectivity index (χ3v) is 4.36. The van der Waals surface area contributed by atoms with Crippen molar-refractivity contribution in [1.82, 2.24) is 5.32 Å². The first-order chi connectivity index (χ1) is 11.7. The number of rotatable bonds is 6. The van der Waals surface area contributed by atoms with E-state index in [1.54, 1.807) is 20.3 Å². The van der Waals surface area contributed by atoms with Crippen molar-refractivity contribution in [2.75, 3.05) is 14.2 Å². The highest BCUT2D eigenvalue weighted by Gasteiger charge is 2.09. The molecule has 0 atom stereocenters. The topological polar surface area (TPSA) is 30.5 Å². The molecule has 0 amide bonds. The summed E-state index contributed by atoms with van der Waals surface area (Å²) in [6.07, 6.45) is 0. The first kappa shape index (κ1) is 16.6. The second kappa shape index (κ2) is 7.56.